The van der Waals surface area contributed by atoms with Crippen molar-refractivity contribution in [1.29, 1.82) is 0 Å². The van der Waals surface area contributed by atoms with Crippen molar-refractivity contribution >= 4 is 34.6 Å². The first kappa shape index (κ1) is 18.6. The van der Waals surface area contributed by atoms with Crippen molar-refractivity contribution in [2.24, 2.45) is 0 Å². The maximum atomic E-state index is 11.9. The fourth-order valence-corrected chi connectivity index (χ4v) is 2.75. The summed E-state index contributed by atoms with van der Waals surface area (Å²) in [6.45, 7) is 2.25. The maximum Gasteiger partial charge on any atom is 0.407 e. The second-order valence-electron chi connectivity index (χ2n) is 5.47. The third-order valence-electron chi connectivity index (χ3n) is 3.72. The Morgan fingerprint density at radius 2 is 1.92 bits per heavy atom. The molecule has 1 saturated heterocycles. The number of amides is 2. The van der Waals surface area contributed by atoms with Crippen LogP contribution in [0.5, 0.6) is 5.75 Å². The SMILES string of the molecule is O=C(O)N(CC=CC(=O)N1CCCC1)CCOc1ccc(I)cc1. The topological polar surface area (TPSA) is 70.1 Å². The molecule has 1 heterocycles. The lowest BCUT2D eigenvalue weighted by atomic mass is 10.3. The molecular formula is C17H21IN2O4. The molecule has 0 aliphatic carbocycles. The number of carbonyl (C=O) groups excluding carboxylic acids is 1. The van der Waals surface area contributed by atoms with Gasteiger partial charge in [-0.05, 0) is 59.7 Å². The minimum atomic E-state index is -1.03. The highest BCUT2D eigenvalue weighted by Crippen LogP contribution is 2.13. The number of ether oxygens (including phenoxy) is 1. The number of benzene rings is 1. The standard InChI is InChI=1S/C17H21IN2O4/c18-14-5-7-15(8-6-14)24-13-12-20(17(22)23)11-3-4-16(21)19-9-1-2-10-19/h3-8H,1-2,9-13H2,(H,22,23). The number of carboxylic acid groups (broad SMARTS) is 1. The van der Waals surface area contributed by atoms with Crippen LogP contribution in [0.25, 0.3) is 0 Å². The Labute approximate surface area is 155 Å². The van der Waals surface area contributed by atoms with Gasteiger partial charge in [-0.25, -0.2) is 4.79 Å². The van der Waals surface area contributed by atoms with Crippen LogP contribution in [0.3, 0.4) is 0 Å². The van der Waals surface area contributed by atoms with Crippen molar-refractivity contribution in [2.45, 2.75) is 12.8 Å². The number of likely N-dealkylation sites (tertiary alicyclic amines) is 1. The highest BCUT2D eigenvalue weighted by atomic mass is 127. The van der Waals surface area contributed by atoms with Crippen LogP contribution in [0.2, 0.25) is 0 Å². The summed E-state index contributed by atoms with van der Waals surface area (Å²) in [7, 11) is 0. The molecule has 0 radical (unpaired) electrons. The minimum absolute atomic E-state index is 0.0482. The summed E-state index contributed by atoms with van der Waals surface area (Å²) in [5.41, 5.74) is 0. The van der Waals surface area contributed by atoms with E-state index in [-0.39, 0.29) is 25.6 Å². The molecule has 0 saturated carbocycles. The normalized spacial score (nSPS) is 14.1. The Bertz CT molecular complexity index is 583. The average molecular weight is 444 g/mol. The van der Waals surface area contributed by atoms with Crippen LogP contribution in [-0.2, 0) is 4.79 Å². The molecule has 24 heavy (non-hydrogen) atoms. The predicted molar refractivity (Wildman–Crippen MR) is 99.2 cm³/mol. The molecule has 7 heteroatoms. The fourth-order valence-electron chi connectivity index (χ4n) is 2.39. The first-order valence-electron chi connectivity index (χ1n) is 7.88. The molecule has 0 spiro atoms. The largest absolute Gasteiger partial charge is 0.492 e. The van der Waals surface area contributed by atoms with Gasteiger partial charge in [0.05, 0.1) is 6.54 Å². The van der Waals surface area contributed by atoms with Crippen LogP contribution in [0, 0.1) is 3.57 Å². The Morgan fingerprint density at radius 1 is 1.25 bits per heavy atom. The smallest absolute Gasteiger partial charge is 0.407 e. The van der Waals surface area contributed by atoms with Crippen LogP contribution in [-0.4, -0.2) is 59.7 Å². The third-order valence-corrected chi connectivity index (χ3v) is 4.44. The molecule has 1 fully saturated rings. The van der Waals surface area contributed by atoms with Crippen LogP contribution < -0.4 is 4.74 Å². The van der Waals surface area contributed by atoms with Crippen LogP contribution in [0.15, 0.2) is 36.4 Å². The summed E-state index contributed by atoms with van der Waals surface area (Å²) < 4.78 is 6.65. The molecule has 0 unspecified atom stereocenters. The minimum Gasteiger partial charge on any atom is -0.492 e. The van der Waals surface area contributed by atoms with Gasteiger partial charge >= 0.3 is 6.09 Å². The Morgan fingerprint density at radius 3 is 2.54 bits per heavy atom. The molecule has 1 aromatic carbocycles. The lowest BCUT2D eigenvalue weighted by Crippen LogP contribution is -2.33. The summed E-state index contributed by atoms with van der Waals surface area (Å²) in [6.07, 6.45) is 4.10. The summed E-state index contributed by atoms with van der Waals surface area (Å²) in [5, 5.41) is 9.22. The first-order valence-corrected chi connectivity index (χ1v) is 8.96. The molecule has 0 atom stereocenters. The zero-order valence-electron chi connectivity index (χ0n) is 13.4. The molecular weight excluding hydrogens is 423 g/mol. The number of hydrogen-bond acceptors (Lipinski definition) is 3. The predicted octanol–water partition coefficient (Wildman–Crippen LogP) is 2.83. The molecule has 2 rings (SSSR count). The molecule has 2 amide bonds. The summed E-state index contributed by atoms with van der Waals surface area (Å²) in [5.74, 6) is 0.661. The molecule has 0 aromatic heterocycles. The highest BCUT2D eigenvalue weighted by molar-refractivity contribution is 14.1. The van der Waals surface area contributed by atoms with Gasteiger partial charge in [0.2, 0.25) is 5.91 Å². The van der Waals surface area contributed by atoms with Crippen LogP contribution >= 0.6 is 22.6 Å². The van der Waals surface area contributed by atoms with Gasteiger partial charge in [-0.15, -0.1) is 0 Å². The average Bonchev–Trinajstić information content (AvgIpc) is 3.09. The quantitative estimate of drug-likeness (QED) is 0.519. The van der Waals surface area contributed by atoms with Crippen molar-refractivity contribution in [2.75, 3.05) is 32.8 Å². The van der Waals surface area contributed by atoms with E-state index >= 15 is 0 Å². The number of carbonyl (C=O) groups is 2. The van der Waals surface area contributed by atoms with Gasteiger partial charge in [0.15, 0.2) is 0 Å². The van der Waals surface area contributed by atoms with Crippen molar-refractivity contribution in [1.82, 2.24) is 9.80 Å². The van der Waals surface area contributed by atoms with Gasteiger partial charge in [0.25, 0.3) is 0 Å². The van der Waals surface area contributed by atoms with E-state index in [9.17, 15) is 14.7 Å². The van der Waals surface area contributed by atoms with E-state index in [1.807, 2.05) is 24.3 Å². The van der Waals surface area contributed by atoms with E-state index in [2.05, 4.69) is 22.6 Å². The number of rotatable bonds is 7. The molecule has 1 N–H and O–H groups in total. The van der Waals surface area contributed by atoms with E-state index in [0.29, 0.717) is 5.75 Å². The van der Waals surface area contributed by atoms with Crippen LogP contribution in [0.4, 0.5) is 4.79 Å². The van der Waals surface area contributed by atoms with Crippen LogP contribution in [0.1, 0.15) is 12.8 Å². The Balaban J connectivity index is 1.75. The Kier molecular flexibility index (Phi) is 7.36. The molecule has 0 bridgehead atoms. The van der Waals surface area contributed by atoms with Gasteiger partial charge in [-0.2, -0.15) is 0 Å². The lowest BCUT2D eigenvalue weighted by molar-refractivity contribution is -0.125. The lowest BCUT2D eigenvalue weighted by Gasteiger charge is -2.18. The van der Waals surface area contributed by atoms with Crippen molar-refractivity contribution in [3.05, 3.63) is 40.0 Å². The second kappa shape index (κ2) is 9.51. The maximum absolute atomic E-state index is 11.9. The molecule has 1 aliphatic rings. The van der Waals surface area contributed by atoms with Gasteiger partial charge < -0.3 is 19.6 Å². The summed E-state index contributed by atoms with van der Waals surface area (Å²) in [4.78, 5) is 26.1. The first-order chi connectivity index (χ1) is 11.6. The van der Waals surface area contributed by atoms with E-state index in [4.69, 9.17) is 4.74 Å². The molecule has 1 aliphatic heterocycles. The summed E-state index contributed by atoms with van der Waals surface area (Å²) in [6, 6.07) is 7.55. The molecule has 130 valence electrons. The molecule has 6 nitrogen and oxygen atoms in total. The van der Waals surface area contributed by atoms with Gasteiger partial charge in [-0.3, -0.25) is 4.79 Å². The van der Waals surface area contributed by atoms with E-state index in [1.54, 1.807) is 11.0 Å². The third kappa shape index (κ3) is 6.03. The van der Waals surface area contributed by atoms with Crippen molar-refractivity contribution in [3.8, 4) is 5.75 Å². The number of nitrogens with zero attached hydrogens (tertiary/aromatic N) is 2. The van der Waals surface area contributed by atoms with E-state index in [1.165, 1.54) is 11.0 Å². The highest BCUT2D eigenvalue weighted by Gasteiger charge is 2.15. The van der Waals surface area contributed by atoms with Crippen molar-refractivity contribution < 1.29 is 19.4 Å². The van der Waals surface area contributed by atoms with Gasteiger partial charge in [-0.1, -0.05) is 6.08 Å². The molecule has 1 aromatic rings. The number of halogens is 1. The fraction of sp³-hybridized carbons (Fsp3) is 0.412. The summed E-state index contributed by atoms with van der Waals surface area (Å²) >= 11 is 2.21. The van der Waals surface area contributed by atoms with Gasteiger partial charge in [0, 0.05) is 29.3 Å². The number of hydrogen-bond donors (Lipinski definition) is 1. The van der Waals surface area contributed by atoms with Crippen molar-refractivity contribution in [3.63, 3.8) is 0 Å². The van der Waals surface area contributed by atoms with E-state index in [0.717, 1.165) is 29.5 Å². The zero-order valence-corrected chi connectivity index (χ0v) is 15.5. The van der Waals surface area contributed by atoms with Gasteiger partial charge in [0.1, 0.15) is 12.4 Å². The van der Waals surface area contributed by atoms with E-state index < -0.39 is 6.09 Å². The second-order valence-corrected chi connectivity index (χ2v) is 6.71. The monoisotopic (exact) mass is 444 g/mol. The zero-order chi connectivity index (χ0) is 17.4. The Hall–Kier alpha value is -1.77.